The van der Waals surface area contributed by atoms with Gasteiger partial charge in [0.2, 0.25) is 0 Å². The lowest BCUT2D eigenvalue weighted by Gasteiger charge is -2.20. The second-order valence-corrected chi connectivity index (χ2v) is 6.21. The van der Waals surface area contributed by atoms with Crippen molar-refractivity contribution in [2.24, 2.45) is 5.92 Å². The van der Waals surface area contributed by atoms with Crippen molar-refractivity contribution in [2.75, 3.05) is 37.7 Å². The maximum atomic E-state index is 12.6. The summed E-state index contributed by atoms with van der Waals surface area (Å²) in [5, 5.41) is 9.55. The summed E-state index contributed by atoms with van der Waals surface area (Å²) < 4.78 is 0. The number of amides is 1. The number of likely N-dealkylation sites (tertiary alicyclic amines) is 1. The van der Waals surface area contributed by atoms with Crippen LogP contribution in [0.2, 0.25) is 5.15 Å². The number of anilines is 1. The van der Waals surface area contributed by atoms with Crippen LogP contribution in [0, 0.1) is 5.92 Å². The maximum absolute atomic E-state index is 12.6. The normalized spacial score (nSPS) is 22.1. The fraction of sp³-hybridized carbons (Fsp3) is 0.600. The van der Waals surface area contributed by atoms with Crippen LogP contribution in [0.3, 0.4) is 0 Å². The van der Waals surface area contributed by atoms with Gasteiger partial charge >= 0.3 is 0 Å². The van der Waals surface area contributed by atoms with Gasteiger partial charge in [-0.3, -0.25) is 4.79 Å². The topological polar surface area (TPSA) is 56.7 Å². The molecule has 0 spiro atoms. The fourth-order valence-corrected chi connectivity index (χ4v) is 3.27. The van der Waals surface area contributed by atoms with Crippen LogP contribution < -0.4 is 4.90 Å². The first-order valence-electron chi connectivity index (χ1n) is 7.50. The lowest BCUT2D eigenvalue weighted by Crippen LogP contribution is -2.29. The SMILES string of the molecule is O=C(c1cc(Cl)nc(N2CCCC2)c1)N1CCC(CO)C1. The first-order valence-corrected chi connectivity index (χ1v) is 7.88. The molecule has 1 aromatic rings. The van der Waals surface area contributed by atoms with Crippen LogP contribution in [-0.4, -0.2) is 53.7 Å². The summed E-state index contributed by atoms with van der Waals surface area (Å²) in [6.07, 6.45) is 3.17. The molecule has 0 aliphatic carbocycles. The van der Waals surface area contributed by atoms with Gasteiger partial charge in [0.15, 0.2) is 0 Å². The van der Waals surface area contributed by atoms with Gasteiger partial charge in [-0.1, -0.05) is 11.6 Å². The van der Waals surface area contributed by atoms with E-state index in [2.05, 4.69) is 9.88 Å². The number of rotatable bonds is 3. The quantitative estimate of drug-likeness (QED) is 0.865. The van der Waals surface area contributed by atoms with E-state index < -0.39 is 0 Å². The van der Waals surface area contributed by atoms with E-state index in [0.29, 0.717) is 23.8 Å². The number of halogens is 1. The molecular formula is C15H20ClN3O2. The van der Waals surface area contributed by atoms with Crippen LogP contribution in [0.15, 0.2) is 12.1 Å². The molecule has 1 amide bonds. The van der Waals surface area contributed by atoms with Gasteiger partial charge in [0.25, 0.3) is 5.91 Å². The van der Waals surface area contributed by atoms with Crippen molar-refractivity contribution in [1.82, 2.24) is 9.88 Å². The van der Waals surface area contributed by atoms with Crippen molar-refractivity contribution in [3.8, 4) is 0 Å². The molecule has 3 rings (SSSR count). The molecular weight excluding hydrogens is 290 g/mol. The lowest BCUT2D eigenvalue weighted by molar-refractivity contribution is 0.0782. The van der Waals surface area contributed by atoms with Crippen molar-refractivity contribution in [3.05, 3.63) is 22.8 Å². The smallest absolute Gasteiger partial charge is 0.254 e. The average Bonchev–Trinajstić information content (AvgIpc) is 3.17. The van der Waals surface area contributed by atoms with E-state index in [1.54, 1.807) is 11.0 Å². The predicted octanol–water partition coefficient (Wildman–Crippen LogP) is 1.79. The molecule has 1 N–H and O–H groups in total. The monoisotopic (exact) mass is 309 g/mol. The highest BCUT2D eigenvalue weighted by molar-refractivity contribution is 6.29. The zero-order valence-corrected chi connectivity index (χ0v) is 12.7. The summed E-state index contributed by atoms with van der Waals surface area (Å²) in [5.41, 5.74) is 0.593. The van der Waals surface area contributed by atoms with Gasteiger partial charge in [0.1, 0.15) is 11.0 Å². The third kappa shape index (κ3) is 3.14. The van der Waals surface area contributed by atoms with Crippen LogP contribution in [0.4, 0.5) is 5.82 Å². The molecule has 0 bridgehead atoms. The van der Waals surface area contributed by atoms with Gasteiger partial charge in [-0.15, -0.1) is 0 Å². The van der Waals surface area contributed by atoms with Crippen LogP contribution in [0.25, 0.3) is 0 Å². The predicted molar refractivity (Wildman–Crippen MR) is 81.8 cm³/mol. The maximum Gasteiger partial charge on any atom is 0.254 e. The number of carbonyl (C=O) groups excluding carboxylic acids is 1. The molecule has 0 aromatic carbocycles. The lowest BCUT2D eigenvalue weighted by atomic mass is 10.1. The fourth-order valence-electron chi connectivity index (χ4n) is 3.06. The molecule has 2 saturated heterocycles. The van der Waals surface area contributed by atoms with Gasteiger partial charge in [-0.05, 0) is 31.4 Å². The Bertz CT molecular complexity index is 532. The van der Waals surface area contributed by atoms with Gasteiger partial charge in [-0.25, -0.2) is 4.98 Å². The molecule has 5 nitrogen and oxygen atoms in total. The Morgan fingerprint density at radius 2 is 2.10 bits per heavy atom. The average molecular weight is 310 g/mol. The highest BCUT2D eigenvalue weighted by Crippen LogP contribution is 2.24. The number of nitrogens with zero attached hydrogens (tertiary/aromatic N) is 3. The molecule has 2 aliphatic rings. The van der Waals surface area contributed by atoms with Crippen molar-refractivity contribution in [1.29, 1.82) is 0 Å². The molecule has 3 heterocycles. The Morgan fingerprint density at radius 1 is 1.33 bits per heavy atom. The molecule has 2 fully saturated rings. The van der Waals surface area contributed by atoms with E-state index in [9.17, 15) is 9.90 Å². The van der Waals surface area contributed by atoms with E-state index in [0.717, 1.165) is 38.2 Å². The minimum Gasteiger partial charge on any atom is -0.396 e. The molecule has 1 unspecified atom stereocenters. The van der Waals surface area contributed by atoms with Crippen molar-refractivity contribution >= 4 is 23.3 Å². The summed E-state index contributed by atoms with van der Waals surface area (Å²) in [7, 11) is 0. The Morgan fingerprint density at radius 3 is 2.76 bits per heavy atom. The molecule has 0 saturated carbocycles. The third-order valence-electron chi connectivity index (χ3n) is 4.29. The van der Waals surface area contributed by atoms with Crippen LogP contribution in [0.1, 0.15) is 29.6 Å². The minimum atomic E-state index is -0.0179. The summed E-state index contributed by atoms with van der Waals surface area (Å²) in [6, 6.07) is 3.47. The highest BCUT2D eigenvalue weighted by Gasteiger charge is 2.27. The number of pyridine rings is 1. The van der Waals surface area contributed by atoms with E-state index in [1.165, 1.54) is 0 Å². The van der Waals surface area contributed by atoms with E-state index >= 15 is 0 Å². The van der Waals surface area contributed by atoms with E-state index in [-0.39, 0.29) is 18.4 Å². The molecule has 1 atom stereocenters. The van der Waals surface area contributed by atoms with Crippen LogP contribution >= 0.6 is 11.6 Å². The zero-order valence-electron chi connectivity index (χ0n) is 12.0. The first kappa shape index (κ1) is 14.6. The highest BCUT2D eigenvalue weighted by atomic mass is 35.5. The van der Waals surface area contributed by atoms with Gasteiger partial charge in [-0.2, -0.15) is 0 Å². The Hall–Kier alpha value is -1.33. The molecule has 6 heteroatoms. The summed E-state index contributed by atoms with van der Waals surface area (Å²) in [5.74, 6) is 0.973. The standard InChI is InChI=1S/C15H20ClN3O2/c16-13-7-12(8-14(17-13)18-4-1-2-5-18)15(21)19-6-3-11(9-19)10-20/h7-8,11,20H,1-6,9-10H2. The van der Waals surface area contributed by atoms with Gasteiger partial charge < -0.3 is 14.9 Å². The number of hydrogen-bond donors (Lipinski definition) is 1. The Balaban J connectivity index is 1.79. The summed E-state index contributed by atoms with van der Waals surface area (Å²) >= 11 is 6.09. The van der Waals surface area contributed by atoms with Crippen molar-refractivity contribution < 1.29 is 9.90 Å². The zero-order chi connectivity index (χ0) is 14.8. The second kappa shape index (κ2) is 6.20. The number of aliphatic hydroxyl groups excluding tert-OH is 1. The number of aromatic nitrogens is 1. The largest absolute Gasteiger partial charge is 0.396 e. The van der Waals surface area contributed by atoms with Gasteiger partial charge in [0.05, 0.1) is 0 Å². The van der Waals surface area contributed by atoms with Gasteiger partial charge in [0, 0.05) is 44.3 Å². The Kier molecular flexibility index (Phi) is 4.31. The number of aliphatic hydroxyl groups is 1. The number of hydrogen-bond acceptors (Lipinski definition) is 4. The van der Waals surface area contributed by atoms with Crippen molar-refractivity contribution in [3.63, 3.8) is 0 Å². The molecule has 0 radical (unpaired) electrons. The molecule has 114 valence electrons. The first-order chi connectivity index (χ1) is 10.2. The Labute approximate surface area is 129 Å². The van der Waals surface area contributed by atoms with Crippen LogP contribution in [-0.2, 0) is 0 Å². The molecule has 1 aromatic heterocycles. The number of carbonyl (C=O) groups is 1. The summed E-state index contributed by atoms with van der Waals surface area (Å²) in [4.78, 5) is 20.9. The van der Waals surface area contributed by atoms with E-state index in [4.69, 9.17) is 11.6 Å². The summed E-state index contributed by atoms with van der Waals surface area (Å²) in [6.45, 7) is 3.39. The third-order valence-corrected chi connectivity index (χ3v) is 4.48. The second-order valence-electron chi connectivity index (χ2n) is 5.82. The van der Waals surface area contributed by atoms with Crippen molar-refractivity contribution in [2.45, 2.75) is 19.3 Å². The van der Waals surface area contributed by atoms with Crippen LogP contribution in [0.5, 0.6) is 0 Å². The minimum absolute atomic E-state index is 0.0179. The van der Waals surface area contributed by atoms with E-state index in [1.807, 2.05) is 6.07 Å². The molecule has 2 aliphatic heterocycles. The molecule has 21 heavy (non-hydrogen) atoms.